The summed E-state index contributed by atoms with van der Waals surface area (Å²) < 4.78 is 14.5. The minimum absolute atomic E-state index is 0.0979. The van der Waals surface area contributed by atoms with Crippen LogP contribution in [0.15, 0.2) is 83.9 Å². The zero-order valence-corrected chi connectivity index (χ0v) is 15.7. The fourth-order valence-corrected chi connectivity index (χ4v) is 3.09. The summed E-state index contributed by atoms with van der Waals surface area (Å²) in [5.41, 5.74) is 1.24. The standard InChI is InChI=1S/C23H16FN3O3/c24-17-9-10-20-19(12-17)23(30)27(14-25-20)13-21(28)26-18-8-4-7-16(11-18)22(29)15-5-2-1-3-6-15/h1-12,14H,13H2,(H,26,28). The Kier molecular flexibility index (Phi) is 5.17. The summed E-state index contributed by atoms with van der Waals surface area (Å²) in [5.74, 6) is -1.19. The highest BCUT2D eigenvalue weighted by Gasteiger charge is 2.12. The van der Waals surface area contributed by atoms with Crippen molar-refractivity contribution in [3.05, 3.63) is 106 Å². The second-order valence-corrected chi connectivity index (χ2v) is 6.66. The lowest BCUT2D eigenvalue weighted by molar-refractivity contribution is -0.116. The van der Waals surface area contributed by atoms with Crippen LogP contribution in [-0.2, 0) is 11.3 Å². The van der Waals surface area contributed by atoms with Crippen molar-refractivity contribution in [2.75, 3.05) is 5.32 Å². The maximum Gasteiger partial charge on any atom is 0.261 e. The number of hydrogen-bond donors (Lipinski definition) is 1. The van der Waals surface area contributed by atoms with Gasteiger partial charge in [-0.05, 0) is 30.3 Å². The first-order chi connectivity index (χ1) is 14.5. The predicted molar refractivity (Wildman–Crippen MR) is 111 cm³/mol. The van der Waals surface area contributed by atoms with Gasteiger partial charge in [0.1, 0.15) is 12.4 Å². The minimum atomic E-state index is -0.552. The van der Waals surface area contributed by atoms with Crippen LogP contribution in [0.2, 0.25) is 0 Å². The fourth-order valence-electron chi connectivity index (χ4n) is 3.09. The van der Waals surface area contributed by atoms with E-state index in [2.05, 4.69) is 10.3 Å². The molecule has 0 spiro atoms. The van der Waals surface area contributed by atoms with Crippen LogP contribution in [-0.4, -0.2) is 21.2 Å². The maximum absolute atomic E-state index is 13.4. The van der Waals surface area contributed by atoms with E-state index in [4.69, 9.17) is 0 Å². The molecular weight excluding hydrogens is 385 g/mol. The molecule has 0 aliphatic rings. The van der Waals surface area contributed by atoms with Gasteiger partial charge < -0.3 is 5.32 Å². The molecule has 0 radical (unpaired) electrons. The zero-order chi connectivity index (χ0) is 21.1. The van der Waals surface area contributed by atoms with E-state index in [9.17, 15) is 18.8 Å². The Bertz CT molecular complexity index is 1320. The summed E-state index contributed by atoms with van der Waals surface area (Å²) in [6.07, 6.45) is 1.25. The number of hydrogen-bond acceptors (Lipinski definition) is 4. The van der Waals surface area contributed by atoms with Crippen LogP contribution in [0.4, 0.5) is 10.1 Å². The van der Waals surface area contributed by atoms with E-state index in [0.717, 1.165) is 10.6 Å². The molecule has 1 aromatic heterocycles. The van der Waals surface area contributed by atoms with Gasteiger partial charge in [0.05, 0.1) is 17.2 Å². The van der Waals surface area contributed by atoms with Crippen LogP contribution in [0.3, 0.4) is 0 Å². The van der Waals surface area contributed by atoms with Gasteiger partial charge >= 0.3 is 0 Å². The second kappa shape index (κ2) is 8.08. The highest BCUT2D eigenvalue weighted by molar-refractivity contribution is 6.09. The Balaban J connectivity index is 1.52. The SMILES string of the molecule is O=C(Cn1cnc2ccc(F)cc2c1=O)Nc1cccc(C(=O)c2ccccc2)c1. The number of nitrogens with zero attached hydrogens (tertiary/aromatic N) is 2. The van der Waals surface area contributed by atoms with Gasteiger partial charge in [0.2, 0.25) is 5.91 Å². The topological polar surface area (TPSA) is 81.1 Å². The van der Waals surface area contributed by atoms with E-state index in [-0.39, 0.29) is 17.7 Å². The fraction of sp³-hybridized carbons (Fsp3) is 0.0435. The number of ketones is 1. The number of carbonyl (C=O) groups is 2. The number of halogens is 1. The van der Waals surface area contributed by atoms with Crippen molar-refractivity contribution in [3.63, 3.8) is 0 Å². The predicted octanol–water partition coefficient (Wildman–Crippen LogP) is 3.41. The molecule has 6 nitrogen and oxygen atoms in total. The van der Waals surface area contributed by atoms with Crippen molar-refractivity contribution in [1.82, 2.24) is 9.55 Å². The molecule has 1 heterocycles. The van der Waals surface area contributed by atoms with Gasteiger partial charge in [0.15, 0.2) is 5.78 Å². The lowest BCUT2D eigenvalue weighted by Gasteiger charge is -2.09. The normalized spacial score (nSPS) is 10.7. The molecule has 0 bridgehead atoms. The average molecular weight is 401 g/mol. The van der Waals surface area contributed by atoms with Gasteiger partial charge in [-0.2, -0.15) is 0 Å². The first-order valence-corrected chi connectivity index (χ1v) is 9.15. The molecule has 4 aromatic rings. The smallest absolute Gasteiger partial charge is 0.261 e. The molecule has 3 aromatic carbocycles. The van der Waals surface area contributed by atoms with Gasteiger partial charge in [0, 0.05) is 16.8 Å². The number of nitrogens with one attached hydrogen (secondary N) is 1. The Morgan fingerprint density at radius 2 is 1.70 bits per heavy atom. The lowest BCUT2D eigenvalue weighted by atomic mass is 10.0. The summed E-state index contributed by atoms with van der Waals surface area (Å²) in [6.45, 7) is -0.296. The minimum Gasteiger partial charge on any atom is -0.325 e. The van der Waals surface area contributed by atoms with E-state index >= 15 is 0 Å². The molecule has 0 unspecified atom stereocenters. The number of anilines is 1. The number of fused-ring (bicyclic) bond motifs is 1. The van der Waals surface area contributed by atoms with Gasteiger partial charge in [-0.25, -0.2) is 9.37 Å². The highest BCUT2D eigenvalue weighted by atomic mass is 19.1. The molecule has 30 heavy (non-hydrogen) atoms. The molecule has 148 valence electrons. The Labute approximate surface area is 170 Å². The van der Waals surface area contributed by atoms with Crippen LogP contribution in [0, 0.1) is 5.82 Å². The first-order valence-electron chi connectivity index (χ1n) is 9.15. The second-order valence-electron chi connectivity index (χ2n) is 6.66. The zero-order valence-electron chi connectivity index (χ0n) is 15.7. The molecule has 0 aliphatic carbocycles. The lowest BCUT2D eigenvalue weighted by Crippen LogP contribution is -2.28. The largest absolute Gasteiger partial charge is 0.325 e. The Morgan fingerprint density at radius 3 is 2.50 bits per heavy atom. The van der Waals surface area contributed by atoms with Gasteiger partial charge in [-0.1, -0.05) is 42.5 Å². The van der Waals surface area contributed by atoms with Crippen molar-refractivity contribution >= 4 is 28.3 Å². The third-order valence-corrected chi connectivity index (χ3v) is 4.54. The molecule has 0 saturated heterocycles. The average Bonchev–Trinajstić information content (AvgIpc) is 2.76. The van der Waals surface area contributed by atoms with E-state index < -0.39 is 17.3 Å². The summed E-state index contributed by atoms with van der Waals surface area (Å²) in [7, 11) is 0. The Morgan fingerprint density at radius 1 is 0.933 bits per heavy atom. The number of aromatic nitrogens is 2. The van der Waals surface area contributed by atoms with E-state index in [1.165, 1.54) is 18.5 Å². The molecule has 7 heteroatoms. The first kappa shape index (κ1) is 19.2. The maximum atomic E-state index is 13.4. The molecule has 4 rings (SSSR count). The Hall–Kier alpha value is -4.13. The van der Waals surface area contributed by atoms with Gasteiger partial charge in [-0.3, -0.25) is 19.0 Å². The summed E-state index contributed by atoms with van der Waals surface area (Å²) in [5, 5.41) is 2.77. The van der Waals surface area contributed by atoms with Crippen LogP contribution in [0.25, 0.3) is 10.9 Å². The van der Waals surface area contributed by atoms with Gasteiger partial charge in [-0.15, -0.1) is 0 Å². The molecular formula is C23H16FN3O3. The summed E-state index contributed by atoms with van der Waals surface area (Å²) >= 11 is 0. The van der Waals surface area contributed by atoms with Crippen molar-refractivity contribution < 1.29 is 14.0 Å². The van der Waals surface area contributed by atoms with Crippen molar-refractivity contribution in [3.8, 4) is 0 Å². The van der Waals surface area contributed by atoms with E-state index in [1.54, 1.807) is 48.5 Å². The third-order valence-electron chi connectivity index (χ3n) is 4.54. The number of carbonyl (C=O) groups excluding carboxylic acids is 2. The van der Waals surface area contributed by atoms with Crippen molar-refractivity contribution in [2.24, 2.45) is 0 Å². The molecule has 0 fully saturated rings. The highest BCUT2D eigenvalue weighted by Crippen LogP contribution is 2.15. The van der Waals surface area contributed by atoms with Crippen LogP contribution >= 0.6 is 0 Å². The molecule has 0 saturated carbocycles. The number of amides is 1. The van der Waals surface area contributed by atoms with E-state index in [1.807, 2.05) is 6.07 Å². The van der Waals surface area contributed by atoms with Crippen molar-refractivity contribution in [1.29, 1.82) is 0 Å². The molecule has 0 aliphatic heterocycles. The van der Waals surface area contributed by atoms with Gasteiger partial charge in [0.25, 0.3) is 5.56 Å². The third kappa shape index (κ3) is 4.00. The molecule has 1 amide bonds. The van der Waals surface area contributed by atoms with E-state index in [0.29, 0.717) is 22.3 Å². The quantitative estimate of drug-likeness (QED) is 0.520. The summed E-state index contributed by atoms with van der Waals surface area (Å²) in [6, 6.07) is 19.1. The molecule has 1 N–H and O–H groups in total. The summed E-state index contributed by atoms with van der Waals surface area (Å²) in [4.78, 5) is 41.6. The number of benzene rings is 3. The van der Waals surface area contributed by atoms with Crippen LogP contribution < -0.4 is 10.9 Å². The van der Waals surface area contributed by atoms with Crippen LogP contribution in [0.1, 0.15) is 15.9 Å². The van der Waals surface area contributed by atoms with Crippen LogP contribution in [0.5, 0.6) is 0 Å². The number of rotatable bonds is 5. The molecule has 0 atom stereocenters. The van der Waals surface area contributed by atoms with Crippen molar-refractivity contribution in [2.45, 2.75) is 6.54 Å². The monoisotopic (exact) mass is 401 g/mol.